The van der Waals surface area contributed by atoms with Crippen LogP contribution in [-0.4, -0.2) is 34.3 Å². The van der Waals surface area contributed by atoms with Crippen LogP contribution in [0, 0.1) is 0 Å². The van der Waals surface area contributed by atoms with Gasteiger partial charge in [-0.05, 0) is 19.3 Å². The SMILES string of the molecule is NNc1cncc(N2CCCCC2CO)n1. The average Bonchev–Trinajstić information content (AvgIpc) is 2.38. The van der Waals surface area contributed by atoms with E-state index in [1.54, 1.807) is 12.4 Å². The lowest BCUT2D eigenvalue weighted by molar-refractivity contribution is 0.239. The number of nitrogens with zero attached hydrogens (tertiary/aromatic N) is 3. The molecule has 1 fully saturated rings. The van der Waals surface area contributed by atoms with Crippen LogP contribution in [0.1, 0.15) is 19.3 Å². The smallest absolute Gasteiger partial charge is 0.160 e. The molecule has 0 amide bonds. The molecule has 0 bridgehead atoms. The van der Waals surface area contributed by atoms with E-state index in [4.69, 9.17) is 5.84 Å². The molecule has 1 aromatic rings. The summed E-state index contributed by atoms with van der Waals surface area (Å²) >= 11 is 0. The molecule has 1 atom stereocenters. The summed E-state index contributed by atoms with van der Waals surface area (Å²) in [6, 6.07) is 0.149. The molecule has 2 heterocycles. The van der Waals surface area contributed by atoms with E-state index in [2.05, 4.69) is 20.3 Å². The van der Waals surface area contributed by atoms with Crippen molar-refractivity contribution in [3.05, 3.63) is 12.4 Å². The van der Waals surface area contributed by atoms with Crippen molar-refractivity contribution in [3.8, 4) is 0 Å². The lowest BCUT2D eigenvalue weighted by Crippen LogP contribution is -2.42. The summed E-state index contributed by atoms with van der Waals surface area (Å²) in [5, 5.41) is 9.32. The number of aliphatic hydroxyl groups excluding tert-OH is 1. The van der Waals surface area contributed by atoms with Crippen LogP contribution in [0.15, 0.2) is 12.4 Å². The van der Waals surface area contributed by atoms with Crippen LogP contribution in [0.25, 0.3) is 0 Å². The molecule has 1 saturated heterocycles. The zero-order valence-corrected chi connectivity index (χ0v) is 9.13. The molecule has 1 aliphatic rings. The Balaban J connectivity index is 2.20. The van der Waals surface area contributed by atoms with Gasteiger partial charge in [-0.15, -0.1) is 0 Å². The van der Waals surface area contributed by atoms with E-state index in [9.17, 15) is 5.11 Å². The fourth-order valence-electron chi connectivity index (χ4n) is 2.06. The van der Waals surface area contributed by atoms with E-state index in [1.807, 2.05) is 0 Å². The molecule has 6 nitrogen and oxygen atoms in total. The number of rotatable bonds is 3. The molecular weight excluding hydrogens is 206 g/mol. The number of hydrazine groups is 1. The van der Waals surface area contributed by atoms with Crippen molar-refractivity contribution in [1.29, 1.82) is 0 Å². The molecule has 16 heavy (non-hydrogen) atoms. The van der Waals surface area contributed by atoms with Crippen LogP contribution in [0.5, 0.6) is 0 Å². The number of aliphatic hydroxyl groups is 1. The van der Waals surface area contributed by atoms with Gasteiger partial charge >= 0.3 is 0 Å². The van der Waals surface area contributed by atoms with E-state index in [1.165, 1.54) is 0 Å². The molecule has 0 saturated carbocycles. The van der Waals surface area contributed by atoms with Crippen molar-refractivity contribution in [3.63, 3.8) is 0 Å². The molecule has 0 radical (unpaired) electrons. The summed E-state index contributed by atoms with van der Waals surface area (Å²) in [6.07, 6.45) is 6.55. The first-order valence-corrected chi connectivity index (χ1v) is 5.51. The first-order chi connectivity index (χ1) is 7.85. The van der Waals surface area contributed by atoms with Gasteiger partial charge in [0.15, 0.2) is 5.82 Å². The second kappa shape index (κ2) is 5.09. The van der Waals surface area contributed by atoms with Gasteiger partial charge in [-0.3, -0.25) is 4.98 Å². The van der Waals surface area contributed by atoms with E-state index in [0.29, 0.717) is 5.82 Å². The minimum Gasteiger partial charge on any atom is -0.394 e. The highest BCUT2D eigenvalue weighted by atomic mass is 16.3. The standard InChI is InChI=1S/C10H17N5O/c11-14-9-5-12-6-10(13-9)15-4-2-1-3-8(15)7-16/h5-6,8,16H,1-4,7,11H2,(H,13,14). The van der Waals surface area contributed by atoms with Crippen LogP contribution in [-0.2, 0) is 0 Å². The van der Waals surface area contributed by atoms with Gasteiger partial charge in [-0.1, -0.05) is 0 Å². The Kier molecular flexibility index (Phi) is 3.53. The Morgan fingerprint density at radius 3 is 3.12 bits per heavy atom. The Labute approximate surface area is 94.5 Å². The maximum absolute atomic E-state index is 9.32. The minimum atomic E-state index is 0.149. The largest absolute Gasteiger partial charge is 0.394 e. The summed E-state index contributed by atoms with van der Waals surface area (Å²) in [6.45, 7) is 1.07. The second-order valence-electron chi connectivity index (χ2n) is 3.93. The van der Waals surface area contributed by atoms with Gasteiger partial charge in [0.25, 0.3) is 0 Å². The van der Waals surface area contributed by atoms with Crippen molar-refractivity contribution in [2.24, 2.45) is 5.84 Å². The Morgan fingerprint density at radius 1 is 1.50 bits per heavy atom. The van der Waals surface area contributed by atoms with Crippen molar-refractivity contribution < 1.29 is 5.11 Å². The predicted octanol–water partition coefficient (Wildman–Crippen LogP) is 0.113. The first kappa shape index (κ1) is 11.1. The number of nitrogens with two attached hydrogens (primary N) is 1. The number of piperidine rings is 1. The fourth-order valence-corrected chi connectivity index (χ4v) is 2.06. The lowest BCUT2D eigenvalue weighted by atomic mass is 10.0. The Bertz CT molecular complexity index is 346. The second-order valence-corrected chi connectivity index (χ2v) is 3.93. The van der Waals surface area contributed by atoms with Gasteiger partial charge < -0.3 is 15.4 Å². The highest BCUT2D eigenvalue weighted by Gasteiger charge is 2.23. The maximum Gasteiger partial charge on any atom is 0.160 e. The van der Waals surface area contributed by atoms with Gasteiger partial charge in [-0.25, -0.2) is 10.8 Å². The molecule has 4 N–H and O–H groups in total. The van der Waals surface area contributed by atoms with Gasteiger partial charge in [0, 0.05) is 6.54 Å². The molecule has 88 valence electrons. The normalized spacial score (nSPS) is 20.9. The fraction of sp³-hybridized carbons (Fsp3) is 0.600. The minimum absolute atomic E-state index is 0.149. The number of nitrogen functional groups attached to an aromatic ring is 1. The molecular formula is C10H17N5O. The third-order valence-electron chi connectivity index (χ3n) is 2.90. The van der Waals surface area contributed by atoms with Crippen LogP contribution < -0.4 is 16.2 Å². The molecule has 1 aliphatic heterocycles. The topological polar surface area (TPSA) is 87.3 Å². The van der Waals surface area contributed by atoms with Crippen LogP contribution in [0.3, 0.4) is 0 Å². The lowest BCUT2D eigenvalue weighted by Gasteiger charge is -2.35. The van der Waals surface area contributed by atoms with Crippen molar-refractivity contribution in [2.75, 3.05) is 23.5 Å². The number of aromatic nitrogens is 2. The monoisotopic (exact) mass is 223 g/mol. The van der Waals surface area contributed by atoms with E-state index in [0.717, 1.165) is 31.6 Å². The van der Waals surface area contributed by atoms with Crippen molar-refractivity contribution in [1.82, 2.24) is 9.97 Å². The average molecular weight is 223 g/mol. The summed E-state index contributed by atoms with van der Waals surface area (Å²) in [7, 11) is 0. The zero-order valence-electron chi connectivity index (χ0n) is 9.13. The van der Waals surface area contributed by atoms with Gasteiger partial charge in [-0.2, -0.15) is 0 Å². The Hall–Kier alpha value is -1.40. The van der Waals surface area contributed by atoms with E-state index in [-0.39, 0.29) is 12.6 Å². The van der Waals surface area contributed by atoms with Gasteiger partial charge in [0.1, 0.15) is 5.82 Å². The molecule has 0 spiro atoms. The third kappa shape index (κ3) is 2.23. The zero-order chi connectivity index (χ0) is 11.4. The molecule has 6 heteroatoms. The van der Waals surface area contributed by atoms with Crippen LogP contribution >= 0.6 is 0 Å². The van der Waals surface area contributed by atoms with Gasteiger partial charge in [0.05, 0.1) is 25.0 Å². The van der Waals surface area contributed by atoms with E-state index >= 15 is 0 Å². The van der Waals surface area contributed by atoms with E-state index < -0.39 is 0 Å². The Morgan fingerprint density at radius 2 is 2.38 bits per heavy atom. The third-order valence-corrected chi connectivity index (χ3v) is 2.90. The highest BCUT2D eigenvalue weighted by molar-refractivity contribution is 5.44. The maximum atomic E-state index is 9.32. The van der Waals surface area contributed by atoms with Crippen molar-refractivity contribution >= 4 is 11.6 Å². The number of hydrogen-bond acceptors (Lipinski definition) is 6. The van der Waals surface area contributed by atoms with Crippen LogP contribution in [0.4, 0.5) is 11.6 Å². The summed E-state index contributed by atoms with van der Waals surface area (Å²) in [5.74, 6) is 6.61. The predicted molar refractivity (Wildman–Crippen MR) is 61.9 cm³/mol. The molecule has 1 unspecified atom stereocenters. The summed E-state index contributed by atoms with van der Waals surface area (Å²) in [5.41, 5.74) is 2.48. The summed E-state index contributed by atoms with van der Waals surface area (Å²) in [4.78, 5) is 10.5. The van der Waals surface area contributed by atoms with Crippen LogP contribution in [0.2, 0.25) is 0 Å². The molecule has 0 aromatic carbocycles. The number of hydrogen-bond donors (Lipinski definition) is 3. The highest BCUT2D eigenvalue weighted by Crippen LogP contribution is 2.22. The molecule has 2 rings (SSSR count). The van der Waals surface area contributed by atoms with Gasteiger partial charge in [0.2, 0.25) is 0 Å². The number of anilines is 2. The summed E-state index contributed by atoms with van der Waals surface area (Å²) < 4.78 is 0. The molecule has 0 aliphatic carbocycles. The quantitative estimate of drug-likeness (QED) is 0.498. The molecule has 1 aromatic heterocycles. The number of nitrogens with one attached hydrogen (secondary N) is 1. The van der Waals surface area contributed by atoms with Crippen molar-refractivity contribution in [2.45, 2.75) is 25.3 Å². The first-order valence-electron chi connectivity index (χ1n) is 5.51.